The molecule has 2 N–H and O–H groups in total. The number of fused-ring (bicyclic) bond motifs is 1. The number of para-hydroxylation sites is 1. The number of hydrogen-bond acceptors (Lipinski definition) is 2. The first-order valence-corrected chi connectivity index (χ1v) is 8.00. The van der Waals surface area contributed by atoms with Gasteiger partial charge in [0.2, 0.25) is 0 Å². The van der Waals surface area contributed by atoms with E-state index in [-0.39, 0.29) is 6.04 Å². The largest absolute Gasteiger partial charge is 0.326 e. The molecule has 0 saturated heterocycles. The summed E-state index contributed by atoms with van der Waals surface area (Å²) in [5.41, 5.74) is 8.52. The maximum atomic E-state index is 6.53. The van der Waals surface area contributed by atoms with Gasteiger partial charge in [0, 0.05) is 6.54 Å². The summed E-state index contributed by atoms with van der Waals surface area (Å²) >= 11 is 6.34. The van der Waals surface area contributed by atoms with Crippen LogP contribution in [0.15, 0.2) is 18.2 Å². The number of hydrogen-bond donors (Lipinski definition) is 1. The van der Waals surface area contributed by atoms with E-state index in [1.165, 1.54) is 32.1 Å². The van der Waals surface area contributed by atoms with Crippen molar-refractivity contribution in [2.45, 2.75) is 51.6 Å². The number of aryl methyl sites for hydroxylation is 1. The Bertz CT molecular complexity index is 599. The van der Waals surface area contributed by atoms with Gasteiger partial charge in [-0.3, -0.25) is 0 Å². The van der Waals surface area contributed by atoms with E-state index in [0.29, 0.717) is 5.92 Å². The van der Waals surface area contributed by atoms with Crippen molar-refractivity contribution in [3.8, 4) is 0 Å². The molecular weight excluding hydrogens is 270 g/mol. The number of nitrogens with zero attached hydrogens (tertiary/aromatic N) is 2. The van der Waals surface area contributed by atoms with Gasteiger partial charge in [0.05, 0.1) is 22.1 Å². The van der Waals surface area contributed by atoms with Crippen molar-refractivity contribution in [1.29, 1.82) is 0 Å². The van der Waals surface area contributed by atoms with Crippen LogP contribution in [0.5, 0.6) is 0 Å². The third-order valence-corrected chi connectivity index (χ3v) is 4.82. The highest BCUT2D eigenvalue weighted by Crippen LogP contribution is 2.35. The van der Waals surface area contributed by atoms with Crippen molar-refractivity contribution in [3.63, 3.8) is 0 Å². The Morgan fingerprint density at radius 1 is 1.35 bits per heavy atom. The number of halogens is 1. The summed E-state index contributed by atoms with van der Waals surface area (Å²) in [6, 6.07) is 5.92. The minimum absolute atomic E-state index is 0.0266. The molecule has 1 fully saturated rings. The number of aromatic nitrogens is 2. The molecule has 1 unspecified atom stereocenters. The zero-order valence-electron chi connectivity index (χ0n) is 12.0. The molecule has 1 aliphatic rings. The quantitative estimate of drug-likeness (QED) is 0.917. The Morgan fingerprint density at radius 3 is 2.80 bits per heavy atom. The maximum Gasteiger partial charge on any atom is 0.127 e. The molecule has 2 aromatic rings. The topological polar surface area (TPSA) is 43.8 Å². The van der Waals surface area contributed by atoms with Crippen LogP contribution in [0, 0.1) is 5.92 Å². The minimum atomic E-state index is 0.0266. The lowest BCUT2D eigenvalue weighted by molar-refractivity contribution is 0.297. The number of rotatable bonds is 3. The van der Waals surface area contributed by atoms with Gasteiger partial charge >= 0.3 is 0 Å². The van der Waals surface area contributed by atoms with Crippen LogP contribution in [-0.4, -0.2) is 9.55 Å². The van der Waals surface area contributed by atoms with Gasteiger partial charge < -0.3 is 10.3 Å². The van der Waals surface area contributed by atoms with E-state index in [1.807, 2.05) is 18.2 Å². The summed E-state index contributed by atoms with van der Waals surface area (Å²) in [6.07, 6.45) is 6.39. The zero-order valence-corrected chi connectivity index (χ0v) is 12.7. The number of benzene rings is 1. The van der Waals surface area contributed by atoms with E-state index in [4.69, 9.17) is 22.3 Å². The fourth-order valence-corrected chi connectivity index (χ4v) is 3.71. The highest BCUT2D eigenvalue weighted by atomic mass is 35.5. The van der Waals surface area contributed by atoms with E-state index in [9.17, 15) is 0 Å². The molecule has 0 amide bonds. The van der Waals surface area contributed by atoms with Crippen molar-refractivity contribution < 1.29 is 0 Å². The van der Waals surface area contributed by atoms with Crippen LogP contribution in [0.2, 0.25) is 5.02 Å². The lowest BCUT2D eigenvalue weighted by atomic mass is 9.84. The fraction of sp³-hybridized carbons (Fsp3) is 0.562. The second-order valence-electron chi connectivity index (χ2n) is 5.75. The van der Waals surface area contributed by atoms with Crippen LogP contribution in [0.3, 0.4) is 0 Å². The third kappa shape index (κ3) is 2.33. The van der Waals surface area contributed by atoms with Gasteiger partial charge in [-0.25, -0.2) is 4.98 Å². The van der Waals surface area contributed by atoms with Crippen LogP contribution in [0.25, 0.3) is 11.0 Å². The van der Waals surface area contributed by atoms with E-state index in [2.05, 4.69) is 11.5 Å². The average Bonchev–Trinajstić information content (AvgIpc) is 2.87. The molecule has 1 saturated carbocycles. The van der Waals surface area contributed by atoms with Gasteiger partial charge in [-0.15, -0.1) is 0 Å². The van der Waals surface area contributed by atoms with Crippen molar-refractivity contribution in [2.24, 2.45) is 11.7 Å². The van der Waals surface area contributed by atoms with Crippen molar-refractivity contribution >= 4 is 22.6 Å². The molecular formula is C16H22ClN3. The van der Waals surface area contributed by atoms with Gasteiger partial charge in [0.1, 0.15) is 5.82 Å². The Hall–Kier alpha value is -1.06. The summed E-state index contributed by atoms with van der Waals surface area (Å²) in [6.45, 7) is 2.98. The first-order chi connectivity index (χ1) is 9.72. The molecule has 3 rings (SSSR count). The van der Waals surface area contributed by atoms with Crippen LogP contribution >= 0.6 is 11.6 Å². The lowest BCUT2D eigenvalue weighted by Gasteiger charge is -2.27. The van der Waals surface area contributed by atoms with Gasteiger partial charge in [0.25, 0.3) is 0 Å². The molecule has 1 aliphatic carbocycles. The number of nitrogens with two attached hydrogens (primary N) is 1. The molecule has 0 spiro atoms. The van der Waals surface area contributed by atoms with Crippen LogP contribution < -0.4 is 5.73 Å². The second kappa shape index (κ2) is 5.74. The lowest BCUT2D eigenvalue weighted by Crippen LogP contribution is -2.26. The highest BCUT2D eigenvalue weighted by molar-refractivity contribution is 6.35. The number of imidazole rings is 1. The Labute approximate surface area is 125 Å². The van der Waals surface area contributed by atoms with E-state index in [1.54, 1.807) is 0 Å². The van der Waals surface area contributed by atoms with Crippen LogP contribution in [-0.2, 0) is 6.54 Å². The summed E-state index contributed by atoms with van der Waals surface area (Å²) in [4.78, 5) is 4.77. The monoisotopic (exact) mass is 291 g/mol. The summed E-state index contributed by atoms with van der Waals surface area (Å²) in [7, 11) is 0. The molecule has 1 aromatic carbocycles. The fourth-order valence-electron chi connectivity index (χ4n) is 3.44. The first kappa shape index (κ1) is 13.9. The molecule has 1 heterocycles. The summed E-state index contributed by atoms with van der Waals surface area (Å²) < 4.78 is 2.19. The molecule has 108 valence electrons. The molecule has 0 radical (unpaired) electrons. The predicted molar refractivity (Wildman–Crippen MR) is 83.9 cm³/mol. The standard InChI is InChI=1S/C16H22ClN3/c1-2-20-15-12(17)9-6-10-13(15)19-16(20)14(18)11-7-4-3-5-8-11/h6,9-11,14H,2-5,7-8,18H2,1H3. The maximum absolute atomic E-state index is 6.53. The molecule has 1 atom stereocenters. The first-order valence-electron chi connectivity index (χ1n) is 7.62. The normalized spacial score (nSPS) is 18.6. The van der Waals surface area contributed by atoms with Crippen LogP contribution in [0.4, 0.5) is 0 Å². The molecule has 1 aromatic heterocycles. The Morgan fingerprint density at radius 2 is 2.10 bits per heavy atom. The summed E-state index contributed by atoms with van der Waals surface area (Å²) in [5, 5.41) is 0.763. The van der Waals surface area contributed by atoms with Gasteiger partial charge in [-0.05, 0) is 37.8 Å². The Balaban J connectivity index is 2.04. The average molecular weight is 292 g/mol. The van der Waals surface area contributed by atoms with E-state index < -0.39 is 0 Å². The van der Waals surface area contributed by atoms with Gasteiger partial charge in [-0.1, -0.05) is 36.9 Å². The van der Waals surface area contributed by atoms with Crippen molar-refractivity contribution in [1.82, 2.24) is 9.55 Å². The van der Waals surface area contributed by atoms with Gasteiger partial charge in [-0.2, -0.15) is 0 Å². The predicted octanol–water partition coefficient (Wildman–Crippen LogP) is 4.29. The molecule has 0 aliphatic heterocycles. The third-order valence-electron chi connectivity index (χ3n) is 4.52. The minimum Gasteiger partial charge on any atom is -0.326 e. The molecule has 20 heavy (non-hydrogen) atoms. The molecule has 3 nitrogen and oxygen atoms in total. The van der Waals surface area contributed by atoms with E-state index in [0.717, 1.165) is 28.4 Å². The highest BCUT2D eigenvalue weighted by Gasteiger charge is 2.26. The van der Waals surface area contributed by atoms with Gasteiger partial charge in [0.15, 0.2) is 0 Å². The second-order valence-corrected chi connectivity index (χ2v) is 6.15. The zero-order chi connectivity index (χ0) is 14.1. The van der Waals surface area contributed by atoms with Crippen molar-refractivity contribution in [3.05, 3.63) is 29.0 Å². The summed E-state index contributed by atoms with van der Waals surface area (Å²) in [5.74, 6) is 1.56. The molecule has 4 heteroatoms. The van der Waals surface area contributed by atoms with Crippen LogP contribution in [0.1, 0.15) is 50.9 Å². The SMILES string of the molecule is CCn1c(C(N)C2CCCCC2)nc2cccc(Cl)c21. The smallest absolute Gasteiger partial charge is 0.127 e. The van der Waals surface area contributed by atoms with E-state index >= 15 is 0 Å². The molecule has 0 bridgehead atoms. The Kier molecular flexibility index (Phi) is 3.99. The van der Waals surface area contributed by atoms with Crippen molar-refractivity contribution in [2.75, 3.05) is 0 Å².